The Bertz CT molecular complexity index is 1240. The number of aromatic nitrogens is 3. The van der Waals surface area contributed by atoms with E-state index in [0.717, 1.165) is 16.1 Å². The van der Waals surface area contributed by atoms with Gasteiger partial charge >= 0.3 is 12.1 Å². The topological polar surface area (TPSA) is 83.0 Å². The number of aliphatic hydroxyl groups excluding tert-OH is 1. The van der Waals surface area contributed by atoms with E-state index in [1.165, 1.54) is 4.57 Å². The first-order valence-electron chi connectivity index (χ1n) is 11.1. The van der Waals surface area contributed by atoms with Crippen molar-refractivity contribution in [2.75, 3.05) is 11.7 Å². The van der Waals surface area contributed by atoms with Crippen molar-refractivity contribution in [1.29, 1.82) is 0 Å². The van der Waals surface area contributed by atoms with Gasteiger partial charge in [0.15, 0.2) is 0 Å². The molecule has 2 N–H and O–H groups in total. The van der Waals surface area contributed by atoms with Gasteiger partial charge in [-0.3, -0.25) is 9.99 Å². The average Bonchev–Trinajstić information content (AvgIpc) is 3.56. The van der Waals surface area contributed by atoms with E-state index in [0.29, 0.717) is 25.1 Å². The molecular formula is C22H23BrF5N7O. The van der Waals surface area contributed by atoms with Crippen LogP contribution in [-0.2, 0) is 25.5 Å². The molecule has 0 aliphatic carbocycles. The Kier molecular flexibility index (Phi) is 7.36. The van der Waals surface area contributed by atoms with Gasteiger partial charge in [0.1, 0.15) is 24.0 Å². The van der Waals surface area contributed by atoms with Crippen molar-refractivity contribution < 1.29 is 27.1 Å². The van der Waals surface area contributed by atoms with E-state index in [2.05, 4.69) is 36.8 Å². The Morgan fingerprint density at radius 2 is 1.81 bits per heavy atom. The molecule has 0 fully saturated rings. The summed E-state index contributed by atoms with van der Waals surface area (Å²) in [6.45, 7) is 1.23. The molecule has 194 valence electrons. The van der Waals surface area contributed by atoms with E-state index in [1.54, 1.807) is 29.3 Å². The van der Waals surface area contributed by atoms with Crippen LogP contribution in [0, 0.1) is 0 Å². The van der Waals surface area contributed by atoms with Crippen molar-refractivity contribution in [3.05, 3.63) is 63.8 Å². The van der Waals surface area contributed by atoms with Gasteiger partial charge in [0.2, 0.25) is 0 Å². The van der Waals surface area contributed by atoms with Crippen molar-refractivity contribution in [3.63, 3.8) is 0 Å². The number of imidazole rings is 1. The maximum atomic E-state index is 14.2. The lowest BCUT2D eigenvalue weighted by Crippen LogP contribution is -2.35. The molecule has 2 aromatic heterocycles. The predicted octanol–water partition coefficient (Wildman–Crippen LogP) is 5.62. The summed E-state index contributed by atoms with van der Waals surface area (Å²) in [6.07, 6.45) is -4.38. The molecule has 0 saturated heterocycles. The summed E-state index contributed by atoms with van der Waals surface area (Å²) in [5.74, 6) is -4.37. The van der Waals surface area contributed by atoms with E-state index < -0.39 is 30.1 Å². The van der Waals surface area contributed by atoms with Crippen LogP contribution in [0.2, 0.25) is 0 Å². The van der Waals surface area contributed by atoms with Crippen LogP contribution in [-0.4, -0.2) is 32.1 Å². The summed E-state index contributed by atoms with van der Waals surface area (Å²) in [5.41, 5.74) is 2.15. The number of halogens is 6. The highest BCUT2D eigenvalue weighted by Gasteiger charge is 2.61. The molecule has 36 heavy (non-hydrogen) atoms. The fourth-order valence-electron chi connectivity index (χ4n) is 3.93. The summed E-state index contributed by atoms with van der Waals surface area (Å²) < 4.78 is 71.7. The normalized spacial score (nSPS) is 14.1. The second kappa shape index (κ2) is 10.2. The Labute approximate surface area is 211 Å². The summed E-state index contributed by atoms with van der Waals surface area (Å²) in [4.78, 5) is 3.67. The third-order valence-electron chi connectivity index (χ3n) is 5.76. The van der Waals surface area contributed by atoms with Crippen molar-refractivity contribution >= 4 is 21.7 Å². The molecule has 0 spiro atoms. The van der Waals surface area contributed by atoms with Gasteiger partial charge in [0, 0.05) is 18.7 Å². The zero-order valence-corrected chi connectivity index (χ0v) is 20.7. The summed E-state index contributed by atoms with van der Waals surface area (Å²) in [5, 5.41) is 19.2. The Morgan fingerprint density at radius 3 is 2.39 bits per heavy atom. The molecule has 3 aromatic rings. The zero-order chi connectivity index (χ0) is 26.1. The van der Waals surface area contributed by atoms with Gasteiger partial charge in [0.05, 0.1) is 16.9 Å². The molecule has 14 heteroatoms. The van der Waals surface area contributed by atoms with Crippen LogP contribution < -0.4 is 10.4 Å². The number of nitrogens with zero attached hydrogens (tertiary/aromatic N) is 6. The lowest BCUT2D eigenvalue weighted by atomic mass is 10.1. The molecule has 8 nitrogen and oxygen atoms in total. The van der Waals surface area contributed by atoms with Crippen molar-refractivity contribution in [2.45, 2.75) is 51.4 Å². The van der Waals surface area contributed by atoms with Crippen LogP contribution in [0.25, 0.3) is 5.69 Å². The van der Waals surface area contributed by atoms with Gasteiger partial charge < -0.3 is 9.67 Å². The molecule has 0 bridgehead atoms. The van der Waals surface area contributed by atoms with Gasteiger partial charge in [-0.15, -0.1) is 0 Å². The number of hydrogen-bond donors (Lipinski definition) is 2. The second-order valence-corrected chi connectivity index (χ2v) is 8.98. The minimum absolute atomic E-state index is 0.0277. The van der Waals surface area contributed by atoms with Gasteiger partial charge in [0.25, 0.3) is 0 Å². The maximum absolute atomic E-state index is 14.2. The molecule has 4 rings (SSSR count). The Balaban J connectivity index is 1.68. The van der Waals surface area contributed by atoms with Crippen LogP contribution in [0.5, 0.6) is 0 Å². The third kappa shape index (κ3) is 4.83. The first-order valence-corrected chi connectivity index (χ1v) is 11.9. The number of rotatable bonds is 9. The monoisotopic (exact) mass is 575 g/mol. The van der Waals surface area contributed by atoms with Crippen LogP contribution in [0.3, 0.4) is 0 Å². The average molecular weight is 576 g/mol. The molecular weight excluding hydrogens is 553 g/mol. The van der Waals surface area contributed by atoms with Crippen molar-refractivity contribution in [1.82, 2.24) is 19.5 Å². The number of unbranched alkanes of at least 4 members (excludes halogenated alkanes) is 1. The second-order valence-electron chi connectivity index (χ2n) is 8.16. The molecule has 3 heterocycles. The van der Waals surface area contributed by atoms with Gasteiger partial charge in [-0.05, 0) is 57.4 Å². The Morgan fingerprint density at radius 1 is 1.08 bits per heavy atom. The number of nitrogens with one attached hydrogen (secondary N) is 1. The van der Waals surface area contributed by atoms with Crippen LogP contribution in [0.1, 0.15) is 42.5 Å². The number of alkyl halides is 5. The van der Waals surface area contributed by atoms with Gasteiger partial charge in [-0.2, -0.15) is 22.0 Å². The highest BCUT2D eigenvalue weighted by atomic mass is 79.9. The van der Waals surface area contributed by atoms with Crippen molar-refractivity contribution in [3.8, 4) is 5.69 Å². The smallest absolute Gasteiger partial charge is 0.390 e. The number of benzene rings is 1. The minimum Gasteiger partial charge on any atom is -0.390 e. The number of anilines is 1. The van der Waals surface area contributed by atoms with E-state index in [1.807, 2.05) is 23.6 Å². The number of aliphatic hydroxyl groups is 1. The number of hydrogen-bond acceptors (Lipinski definition) is 6. The quantitative estimate of drug-likeness (QED) is 0.324. The van der Waals surface area contributed by atoms with Crippen LogP contribution >= 0.6 is 15.9 Å². The summed E-state index contributed by atoms with van der Waals surface area (Å²) >= 11 is 3.50. The molecule has 0 amide bonds. The summed E-state index contributed by atoms with van der Waals surface area (Å²) in [6, 6.07) is 10.8. The minimum atomic E-state index is -5.83. The van der Waals surface area contributed by atoms with E-state index in [-0.39, 0.29) is 18.8 Å². The van der Waals surface area contributed by atoms with E-state index >= 15 is 0 Å². The third-order valence-corrected chi connectivity index (χ3v) is 6.38. The fourth-order valence-corrected chi connectivity index (χ4v) is 4.45. The molecule has 1 aliphatic rings. The standard InChI is InChI=1S/C22H23BrF5N7O/c1-2-3-4-18-30-20(21(24,25)22(26,27)28)16(12-36)33(18)11-14-5-7-15(8-6-14)35-17(23)9-10-19(35)34-13-29-31-32-34/h5-10,36H,2-4,11-13H2,1H3,(H,29,32). The molecule has 0 atom stereocenters. The lowest BCUT2D eigenvalue weighted by molar-refractivity contribution is -0.291. The lowest BCUT2D eigenvalue weighted by Gasteiger charge is -2.19. The Hall–Kier alpha value is -3.00. The van der Waals surface area contributed by atoms with Crippen LogP contribution in [0.4, 0.5) is 27.8 Å². The number of aryl methyl sites for hydroxylation is 1. The molecule has 0 unspecified atom stereocenters. The molecule has 0 saturated carbocycles. The molecule has 1 aromatic carbocycles. The summed E-state index contributed by atoms with van der Waals surface area (Å²) in [7, 11) is 0. The van der Waals surface area contributed by atoms with Crippen LogP contribution in [0.15, 0.2) is 51.4 Å². The first-order chi connectivity index (χ1) is 17.1. The van der Waals surface area contributed by atoms with Gasteiger partial charge in [-0.25, -0.2) is 9.99 Å². The first kappa shape index (κ1) is 26.1. The zero-order valence-electron chi connectivity index (χ0n) is 19.1. The highest BCUT2D eigenvalue weighted by molar-refractivity contribution is 9.10. The highest BCUT2D eigenvalue weighted by Crippen LogP contribution is 2.45. The van der Waals surface area contributed by atoms with Crippen molar-refractivity contribution in [2.24, 2.45) is 10.4 Å². The maximum Gasteiger partial charge on any atom is 0.459 e. The fraction of sp³-hybridized carbons (Fsp3) is 0.409. The largest absolute Gasteiger partial charge is 0.459 e. The molecule has 0 radical (unpaired) electrons. The SMILES string of the molecule is CCCCc1nc(C(F)(F)C(F)(F)F)c(CO)n1Cc1ccc(-n2c(Br)ccc2N2CNN=N2)cc1. The predicted molar refractivity (Wildman–Crippen MR) is 125 cm³/mol. The van der Waals surface area contributed by atoms with Gasteiger partial charge in [-0.1, -0.05) is 30.7 Å². The van der Waals surface area contributed by atoms with E-state index in [9.17, 15) is 27.1 Å². The van der Waals surface area contributed by atoms with E-state index in [4.69, 9.17) is 0 Å². The molecule has 1 aliphatic heterocycles.